The van der Waals surface area contributed by atoms with E-state index in [1.165, 1.54) is 0 Å². The summed E-state index contributed by atoms with van der Waals surface area (Å²) >= 11 is 0. The van der Waals surface area contributed by atoms with Crippen LogP contribution in [0.25, 0.3) is 0 Å². The summed E-state index contributed by atoms with van der Waals surface area (Å²) < 4.78 is 18.0. The van der Waals surface area contributed by atoms with Crippen molar-refractivity contribution in [3.8, 4) is 0 Å². The van der Waals surface area contributed by atoms with E-state index in [2.05, 4.69) is 10.1 Å². The number of anilines is 1. The number of nitro benzene ring substituents is 1. The first-order chi connectivity index (χ1) is 9.85. The number of hydrogen-bond acceptors (Lipinski definition) is 5. The fourth-order valence-corrected chi connectivity index (χ4v) is 1.35. The summed E-state index contributed by atoms with van der Waals surface area (Å²) in [4.78, 5) is 31.9. The van der Waals surface area contributed by atoms with Gasteiger partial charge in [0.15, 0.2) is 6.10 Å². The Morgan fingerprint density at radius 2 is 2.19 bits per heavy atom. The van der Waals surface area contributed by atoms with Crippen molar-refractivity contribution in [2.45, 2.75) is 6.10 Å². The minimum absolute atomic E-state index is 0.353. The molecule has 0 aliphatic carbocycles. The van der Waals surface area contributed by atoms with E-state index < -0.39 is 40.2 Å². The molecule has 0 spiro atoms. The van der Waals surface area contributed by atoms with Crippen LogP contribution < -0.4 is 10.6 Å². The summed E-state index contributed by atoms with van der Waals surface area (Å²) in [6.07, 6.45) is -1.26. The van der Waals surface area contributed by atoms with Crippen molar-refractivity contribution >= 4 is 23.4 Å². The fraction of sp³-hybridized carbons (Fsp3) is 0.273. The van der Waals surface area contributed by atoms with Gasteiger partial charge in [-0.15, -0.1) is 0 Å². The lowest BCUT2D eigenvalue weighted by molar-refractivity contribution is -0.384. The SMILES string of the molecule is COC(CNC(=O)Nc1cc([N+](=O)[O-])ccc1F)C(=O)O. The molecule has 1 aromatic rings. The quantitative estimate of drug-likeness (QED) is 0.529. The third-order valence-corrected chi connectivity index (χ3v) is 2.42. The molecule has 0 saturated heterocycles. The Hall–Kier alpha value is -2.75. The van der Waals surface area contributed by atoms with Gasteiger partial charge in [0.1, 0.15) is 5.82 Å². The number of halogens is 1. The largest absolute Gasteiger partial charge is 0.479 e. The number of carboxylic acids is 1. The van der Waals surface area contributed by atoms with Crippen molar-refractivity contribution < 1.29 is 28.7 Å². The Bertz CT molecular complexity index is 565. The predicted octanol–water partition coefficient (Wildman–Crippen LogP) is 0.955. The highest BCUT2D eigenvalue weighted by molar-refractivity contribution is 5.90. The van der Waals surface area contributed by atoms with E-state index in [9.17, 15) is 24.1 Å². The number of amides is 2. The molecule has 0 radical (unpaired) electrons. The maximum absolute atomic E-state index is 13.4. The number of urea groups is 1. The zero-order valence-corrected chi connectivity index (χ0v) is 10.8. The summed E-state index contributed by atoms with van der Waals surface area (Å²) in [6, 6.07) is 1.71. The van der Waals surface area contributed by atoms with Crippen molar-refractivity contribution in [2.75, 3.05) is 19.0 Å². The molecule has 1 unspecified atom stereocenters. The van der Waals surface area contributed by atoms with Gasteiger partial charge in [-0.05, 0) is 6.07 Å². The van der Waals surface area contributed by atoms with Gasteiger partial charge >= 0.3 is 12.0 Å². The van der Waals surface area contributed by atoms with Crippen LogP contribution >= 0.6 is 0 Å². The van der Waals surface area contributed by atoms with Crippen LogP contribution in [0.1, 0.15) is 0 Å². The van der Waals surface area contributed by atoms with Crippen LogP contribution in [0.5, 0.6) is 0 Å². The molecule has 3 N–H and O–H groups in total. The van der Waals surface area contributed by atoms with Gasteiger partial charge in [-0.3, -0.25) is 10.1 Å². The molecule has 114 valence electrons. The number of nitrogens with one attached hydrogen (secondary N) is 2. The molecule has 0 heterocycles. The number of non-ortho nitro benzene ring substituents is 1. The Morgan fingerprint density at radius 3 is 2.71 bits per heavy atom. The zero-order valence-electron chi connectivity index (χ0n) is 10.8. The van der Waals surface area contributed by atoms with E-state index in [4.69, 9.17) is 5.11 Å². The predicted molar refractivity (Wildman–Crippen MR) is 68.5 cm³/mol. The molecule has 0 aliphatic rings. The number of nitrogens with zero attached hydrogens (tertiary/aromatic N) is 1. The lowest BCUT2D eigenvalue weighted by Crippen LogP contribution is -2.39. The number of benzene rings is 1. The summed E-state index contributed by atoms with van der Waals surface area (Å²) in [5.74, 6) is -2.14. The second-order valence-corrected chi connectivity index (χ2v) is 3.82. The summed E-state index contributed by atoms with van der Waals surface area (Å²) in [5.41, 5.74) is -0.794. The molecule has 0 aliphatic heterocycles. The molecular weight excluding hydrogens is 289 g/mol. The molecule has 0 fully saturated rings. The first kappa shape index (κ1) is 16.3. The third-order valence-electron chi connectivity index (χ3n) is 2.42. The number of nitro groups is 1. The normalized spacial score (nSPS) is 11.5. The minimum atomic E-state index is -1.28. The Morgan fingerprint density at radius 1 is 1.52 bits per heavy atom. The molecule has 1 rings (SSSR count). The maximum atomic E-state index is 13.4. The molecule has 9 nitrogen and oxygen atoms in total. The van der Waals surface area contributed by atoms with Gasteiger partial charge in [0.05, 0.1) is 17.2 Å². The number of carbonyl (C=O) groups is 2. The number of aliphatic carboxylic acids is 1. The van der Waals surface area contributed by atoms with Gasteiger partial charge in [0.25, 0.3) is 5.69 Å². The van der Waals surface area contributed by atoms with E-state index >= 15 is 0 Å². The molecule has 1 atom stereocenters. The first-order valence-corrected chi connectivity index (χ1v) is 5.59. The molecule has 0 aromatic heterocycles. The van der Waals surface area contributed by atoms with E-state index in [1.807, 2.05) is 5.32 Å². The Kier molecular flexibility index (Phi) is 5.55. The average Bonchev–Trinajstić information content (AvgIpc) is 2.41. The second kappa shape index (κ2) is 7.14. The van der Waals surface area contributed by atoms with Gasteiger partial charge in [-0.1, -0.05) is 0 Å². The third kappa shape index (κ3) is 4.69. The van der Waals surface area contributed by atoms with Crippen LogP contribution in [0.2, 0.25) is 0 Å². The van der Waals surface area contributed by atoms with Crippen molar-refractivity contribution in [1.82, 2.24) is 5.32 Å². The fourth-order valence-electron chi connectivity index (χ4n) is 1.35. The lowest BCUT2D eigenvalue weighted by atomic mass is 10.2. The van der Waals surface area contributed by atoms with Crippen molar-refractivity contribution in [2.24, 2.45) is 0 Å². The average molecular weight is 301 g/mol. The summed E-state index contributed by atoms with van der Waals surface area (Å²) in [5, 5.41) is 23.4. The monoisotopic (exact) mass is 301 g/mol. The maximum Gasteiger partial charge on any atom is 0.334 e. The van der Waals surface area contributed by atoms with E-state index in [-0.39, 0.29) is 6.54 Å². The van der Waals surface area contributed by atoms with Crippen LogP contribution in [0.15, 0.2) is 18.2 Å². The number of rotatable bonds is 6. The first-order valence-electron chi connectivity index (χ1n) is 5.59. The molecule has 1 aromatic carbocycles. The highest BCUT2D eigenvalue weighted by Gasteiger charge is 2.18. The van der Waals surface area contributed by atoms with Crippen molar-refractivity contribution in [3.05, 3.63) is 34.1 Å². The van der Waals surface area contributed by atoms with Gasteiger partial charge in [-0.2, -0.15) is 0 Å². The van der Waals surface area contributed by atoms with E-state index in [0.29, 0.717) is 0 Å². The number of carboxylic acid groups (broad SMARTS) is 1. The summed E-state index contributed by atoms with van der Waals surface area (Å²) in [7, 11) is 1.15. The van der Waals surface area contributed by atoms with Crippen molar-refractivity contribution in [3.63, 3.8) is 0 Å². The molecule has 2 amide bonds. The number of ether oxygens (including phenoxy) is 1. The van der Waals surface area contributed by atoms with Gasteiger partial charge < -0.3 is 20.5 Å². The van der Waals surface area contributed by atoms with E-state index in [1.54, 1.807) is 0 Å². The molecule has 0 saturated carbocycles. The topological polar surface area (TPSA) is 131 Å². The van der Waals surface area contributed by atoms with Crippen molar-refractivity contribution in [1.29, 1.82) is 0 Å². The van der Waals surface area contributed by atoms with Gasteiger partial charge in [0.2, 0.25) is 0 Å². The molecule has 21 heavy (non-hydrogen) atoms. The smallest absolute Gasteiger partial charge is 0.334 e. The van der Waals surface area contributed by atoms with Crippen LogP contribution in [-0.2, 0) is 9.53 Å². The van der Waals surface area contributed by atoms with Crippen LogP contribution in [-0.4, -0.2) is 41.8 Å². The number of carbonyl (C=O) groups excluding carboxylic acids is 1. The van der Waals surface area contributed by atoms with Crippen LogP contribution in [0.4, 0.5) is 20.6 Å². The number of methoxy groups -OCH3 is 1. The number of hydrogen-bond donors (Lipinski definition) is 3. The highest BCUT2D eigenvalue weighted by atomic mass is 19.1. The molecule has 10 heteroatoms. The molecular formula is C11H12FN3O6. The highest BCUT2D eigenvalue weighted by Crippen LogP contribution is 2.20. The standard InChI is InChI=1S/C11H12FN3O6/c1-21-9(10(16)17)5-13-11(18)14-8-4-6(15(19)20)2-3-7(8)12/h2-4,9H,5H2,1H3,(H,16,17)(H2,13,14,18). The Balaban J connectivity index is 2.68. The zero-order chi connectivity index (χ0) is 16.0. The van der Waals surface area contributed by atoms with E-state index in [0.717, 1.165) is 25.3 Å². The lowest BCUT2D eigenvalue weighted by Gasteiger charge is -2.12. The van der Waals surface area contributed by atoms with Crippen LogP contribution in [0, 0.1) is 15.9 Å². The Labute approximate surface area is 117 Å². The van der Waals surface area contributed by atoms with Gasteiger partial charge in [-0.25, -0.2) is 14.0 Å². The van der Waals surface area contributed by atoms with Crippen LogP contribution in [0.3, 0.4) is 0 Å². The molecule has 0 bridgehead atoms. The summed E-state index contributed by atoms with van der Waals surface area (Å²) in [6.45, 7) is -0.353. The minimum Gasteiger partial charge on any atom is -0.479 e. The van der Waals surface area contributed by atoms with Gasteiger partial charge in [0, 0.05) is 19.2 Å². The second-order valence-electron chi connectivity index (χ2n) is 3.82.